The zero-order valence-corrected chi connectivity index (χ0v) is 10.9. The lowest BCUT2D eigenvalue weighted by molar-refractivity contribution is 0.0995. The molecule has 0 fully saturated rings. The summed E-state index contributed by atoms with van der Waals surface area (Å²) in [6, 6.07) is 7.63. The first kappa shape index (κ1) is 12.6. The summed E-state index contributed by atoms with van der Waals surface area (Å²) in [7, 11) is 0. The Hall–Kier alpha value is -0.900. The van der Waals surface area contributed by atoms with Gasteiger partial charge in [-0.15, -0.1) is 11.3 Å². The Bertz CT molecular complexity index is 545. The molecule has 1 heterocycles. The van der Waals surface area contributed by atoms with Gasteiger partial charge in [-0.2, -0.15) is 0 Å². The van der Waals surface area contributed by atoms with Gasteiger partial charge in [0.25, 0.3) is 0 Å². The van der Waals surface area contributed by atoms with Crippen LogP contribution in [-0.4, -0.2) is 5.78 Å². The number of hydrogen-bond donors (Lipinski definition) is 0. The molecule has 2 rings (SSSR count). The van der Waals surface area contributed by atoms with E-state index in [4.69, 9.17) is 23.2 Å². The summed E-state index contributed by atoms with van der Waals surface area (Å²) in [6.07, 6.45) is -0.0532. The maximum atomic E-state index is 13.5. The van der Waals surface area contributed by atoms with Crippen molar-refractivity contribution in [3.8, 4) is 0 Å². The van der Waals surface area contributed by atoms with Crippen LogP contribution in [0.15, 0.2) is 30.3 Å². The van der Waals surface area contributed by atoms with Crippen LogP contribution in [0.1, 0.15) is 15.2 Å². The molecule has 1 aromatic heterocycles. The minimum Gasteiger partial charge on any atom is -0.293 e. The van der Waals surface area contributed by atoms with Crippen LogP contribution in [0.3, 0.4) is 0 Å². The highest BCUT2D eigenvalue weighted by atomic mass is 35.5. The van der Waals surface area contributed by atoms with Crippen molar-refractivity contribution in [3.05, 3.63) is 55.9 Å². The molecule has 0 unspecified atom stereocenters. The van der Waals surface area contributed by atoms with Crippen molar-refractivity contribution in [1.82, 2.24) is 0 Å². The molecular weight excluding hydrogens is 282 g/mol. The Kier molecular flexibility index (Phi) is 3.82. The van der Waals surface area contributed by atoms with Crippen LogP contribution in [0.25, 0.3) is 0 Å². The van der Waals surface area contributed by atoms with Crippen molar-refractivity contribution >= 4 is 40.3 Å². The zero-order chi connectivity index (χ0) is 12.4. The third-order valence-corrected chi connectivity index (χ3v) is 3.87. The smallest absolute Gasteiger partial charge is 0.177 e. The number of benzene rings is 1. The van der Waals surface area contributed by atoms with Gasteiger partial charge in [0, 0.05) is 17.0 Å². The lowest BCUT2D eigenvalue weighted by Crippen LogP contribution is -2.03. The first-order chi connectivity index (χ1) is 8.08. The highest BCUT2D eigenvalue weighted by Crippen LogP contribution is 2.25. The molecule has 0 N–H and O–H groups in total. The fourth-order valence-corrected chi connectivity index (χ4v) is 2.62. The second kappa shape index (κ2) is 5.17. The standard InChI is InChI=1S/C12H7Cl2FOS/c13-8-2-1-3-9(15)7(8)6-10(16)11-4-5-12(14)17-11/h1-5H,6H2. The number of halogens is 3. The maximum Gasteiger partial charge on any atom is 0.177 e. The summed E-state index contributed by atoms with van der Waals surface area (Å²) in [5.41, 5.74) is 0.226. The SMILES string of the molecule is O=C(Cc1c(F)cccc1Cl)c1ccc(Cl)s1. The highest BCUT2D eigenvalue weighted by molar-refractivity contribution is 7.18. The molecule has 2 aromatic rings. The molecule has 0 bridgehead atoms. The van der Waals surface area contributed by atoms with Gasteiger partial charge in [0.05, 0.1) is 9.21 Å². The van der Waals surface area contributed by atoms with Crippen molar-refractivity contribution in [2.75, 3.05) is 0 Å². The first-order valence-corrected chi connectivity index (χ1v) is 6.36. The molecule has 1 aromatic carbocycles. The van der Waals surface area contributed by atoms with E-state index < -0.39 is 5.82 Å². The molecule has 17 heavy (non-hydrogen) atoms. The number of Topliss-reactive ketones (excluding diaryl/α,β-unsaturated/α-hetero) is 1. The molecule has 0 aliphatic heterocycles. The van der Waals surface area contributed by atoms with E-state index in [9.17, 15) is 9.18 Å². The minimum absolute atomic E-state index is 0.0532. The summed E-state index contributed by atoms with van der Waals surface area (Å²) in [5.74, 6) is -0.651. The quantitative estimate of drug-likeness (QED) is 0.753. The van der Waals surface area contributed by atoms with Gasteiger partial charge < -0.3 is 0 Å². The van der Waals surface area contributed by atoms with Gasteiger partial charge in [-0.25, -0.2) is 4.39 Å². The third kappa shape index (κ3) is 2.86. The van der Waals surface area contributed by atoms with Crippen molar-refractivity contribution in [1.29, 1.82) is 0 Å². The zero-order valence-electron chi connectivity index (χ0n) is 8.54. The summed E-state index contributed by atoms with van der Waals surface area (Å²) >= 11 is 12.8. The Morgan fingerprint density at radius 1 is 1.24 bits per heavy atom. The van der Waals surface area contributed by atoms with Crippen molar-refractivity contribution in [2.24, 2.45) is 0 Å². The van der Waals surface area contributed by atoms with E-state index in [2.05, 4.69) is 0 Å². The molecule has 88 valence electrons. The summed E-state index contributed by atoms with van der Waals surface area (Å²) in [5, 5.41) is 0.265. The fraction of sp³-hybridized carbons (Fsp3) is 0.0833. The van der Waals surface area contributed by atoms with Crippen molar-refractivity contribution in [3.63, 3.8) is 0 Å². The van der Waals surface area contributed by atoms with E-state index in [-0.39, 0.29) is 22.8 Å². The van der Waals surface area contributed by atoms with Crippen LogP contribution in [-0.2, 0) is 6.42 Å². The van der Waals surface area contributed by atoms with E-state index in [1.807, 2.05) is 0 Å². The highest BCUT2D eigenvalue weighted by Gasteiger charge is 2.14. The minimum atomic E-state index is -0.464. The molecule has 0 amide bonds. The average Bonchev–Trinajstić information content (AvgIpc) is 2.70. The second-order valence-corrected chi connectivity index (χ2v) is 5.53. The first-order valence-electron chi connectivity index (χ1n) is 4.79. The number of hydrogen-bond acceptors (Lipinski definition) is 2. The summed E-state index contributed by atoms with van der Waals surface area (Å²) in [6.45, 7) is 0. The normalized spacial score (nSPS) is 10.5. The predicted molar refractivity (Wildman–Crippen MR) is 68.8 cm³/mol. The van der Waals surface area contributed by atoms with Crippen LogP contribution in [0.5, 0.6) is 0 Å². The number of carbonyl (C=O) groups excluding carboxylic acids is 1. The molecule has 0 aliphatic rings. The topological polar surface area (TPSA) is 17.1 Å². The average molecular weight is 289 g/mol. The summed E-state index contributed by atoms with van der Waals surface area (Å²) < 4.78 is 14.0. The number of carbonyl (C=O) groups is 1. The molecule has 0 radical (unpaired) electrons. The number of thiophene rings is 1. The number of ketones is 1. The van der Waals surface area contributed by atoms with E-state index >= 15 is 0 Å². The molecule has 0 saturated heterocycles. The van der Waals surface area contributed by atoms with Crippen LogP contribution in [0.4, 0.5) is 4.39 Å². The van der Waals surface area contributed by atoms with Gasteiger partial charge in [-0.3, -0.25) is 4.79 Å². The van der Waals surface area contributed by atoms with E-state index in [0.717, 1.165) is 0 Å². The lowest BCUT2D eigenvalue weighted by Gasteiger charge is -2.03. The van der Waals surface area contributed by atoms with Crippen molar-refractivity contribution < 1.29 is 9.18 Å². The van der Waals surface area contributed by atoms with Crippen LogP contribution in [0.2, 0.25) is 9.36 Å². The second-order valence-electron chi connectivity index (χ2n) is 3.40. The van der Waals surface area contributed by atoms with Crippen LogP contribution >= 0.6 is 34.5 Å². The molecular formula is C12H7Cl2FOS. The van der Waals surface area contributed by atoms with Gasteiger partial charge in [-0.1, -0.05) is 29.3 Å². The Balaban J connectivity index is 2.24. The molecule has 0 aliphatic carbocycles. The molecule has 0 atom stereocenters. The van der Waals surface area contributed by atoms with Crippen LogP contribution in [0, 0.1) is 5.82 Å². The van der Waals surface area contributed by atoms with Gasteiger partial charge in [-0.05, 0) is 24.3 Å². The van der Waals surface area contributed by atoms with Gasteiger partial charge >= 0.3 is 0 Å². The Morgan fingerprint density at radius 3 is 2.59 bits per heavy atom. The van der Waals surface area contributed by atoms with Gasteiger partial charge in [0.1, 0.15) is 5.82 Å². The van der Waals surface area contributed by atoms with E-state index in [0.29, 0.717) is 9.21 Å². The summed E-state index contributed by atoms with van der Waals surface area (Å²) in [4.78, 5) is 12.4. The van der Waals surface area contributed by atoms with Crippen LogP contribution < -0.4 is 0 Å². The molecule has 0 saturated carbocycles. The Labute approximate surface area is 112 Å². The third-order valence-electron chi connectivity index (χ3n) is 2.25. The lowest BCUT2D eigenvalue weighted by atomic mass is 10.1. The van der Waals surface area contributed by atoms with Crippen molar-refractivity contribution in [2.45, 2.75) is 6.42 Å². The van der Waals surface area contributed by atoms with E-state index in [1.165, 1.54) is 23.5 Å². The Morgan fingerprint density at radius 2 is 2.00 bits per heavy atom. The van der Waals surface area contributed by atoms with E-state index in [1.54, 1.807) is 18.2 Å². The monoisotopic (exact) mass is 288 g/mol. The predicted octanol–water partition coefficient (Wildman–Crippen LogP) is 4.62. The molecule has 0 spiro atoms. The van der Waals surface area contributed by atoms with Gasteiger partial charge in [0.2, 0.25) is 0 Å². The maximum absolute atomic E-state index is 13.5. The molecule has 1 nitrogen and oxygen atoms in total. The number of rotatable bonds is 3. The fourth-order valence-electron chi connectivity index (χ4n) is 1.41. The van der Waals surface area contributed by atoms with Gasteiger partial charge in [0.15, 0.2) is 5.78 Å². The largest absolute Gasteiger partial charge is 0.293 e. The molecule has 5 heteroatoms.